The van der Waals surface area contributed by atoms with Gasteiger partial charge in [0.2, 0.25) is 5.91 Å². The summed E-state index contributed by atoms with van der Waals surface area (Å²) in [6.07, 6.45) is -3.19. The Hall–Kier alpha value is -2.09. The maximum Gasteiger partial charge on any atom is 0.417 e. The second-order valence-electron chi connectivity index (χ2n) is 5.58. The predicted octanol–water partition coefficient (Wildman–Crippen LogP) is 2.76. The molecule has 1 aliphatic rings. The van der Waals surface area contributed by atoms with Crippen LogP contribution >= 0.6 is 0 Å². The lowest BCUT2D eigenvalue weighted by Crippen LogP contribution is -2.54. The summed E-state index contributed by atoms with van der Waals surface area (Å²) in [5.74, 6) is -0.983. The molecule has 1 saturated heterocycles. The number of methoxy groups -OCH3 is 1. The fourth-order valence-corrected chi connectivity index (χ4v) is 2.43. The maximum absolute atomic E-state index is 13.3. The molecule has 1 aromatic carbocycles. The van der Waals surface area contributed by atoms with Crippen molar-refractivity contribution in [1.82, 2.24) is 4.90 Å². The molecule has 0 aliphatic carbocycles. The minimum absolute atomic E-state index is 0.0258. The molecular weight excluding hydrogens is 330 g/mol. The van der Waals surface area contributed by atoms with Crippen molar-refractivity contribution in [3.05, 3.63) is 35.7 Å². The molecule has 1 aliphatic heterocycles. The number of halogens is 4. The molecule has 0 unspecified atom stereocenters. The van der Waals surface area contributed by atoms with Gasteiger partial charge in [0.25, 0.3) is 0 Å². The van der Waals surface area contributed by atoms with Crippen LogP contribution in [0.4, 0.5) is 17.6 Å². The van der Waals surface area contributed by atoms with E-state index in [1.165, 1.54) is 42.4 Å². The average molecular weight is 347 g/mol. The number of piperidine rings is 1. The van der Waals surface area contributed by atoms with Crippen molar-refractivity contribution in [2.24, 2.45) is 0 Å². The lowest BCUT2D eigenvalue weighted by molar-refractivity contribution is -0.271. The number of rotatable bonds is 3. The third-order valence-electron chi connectivity index (χ3n) is 4.02. The molecule has 24 heavy (non-hydrogen) atoms. The normalized spacial score (nSPS) is 18.0. The topological polar surface area (TPSA) is 49.8 Å². The van der Waals surface area contributed by atoms with E-state index in [1.54, 1.807) is 0 Å². The molecule has 1 heterocycles. The number of carbonyl (C=O) groups excluding carboxylic acids is 1. The van der Waals surface area contributed by atoms with Crippen molar-refractivity contribution < 1.29 is 32.2 Å². The van der Waals surface area contributed by atoms with Gasteiger partial charge in [0.05, 0.1) is 7.11 Å². The standard InChI is InChI=1S/C16H17F4NO3/c1-24-13-10-11(2-4-12(13)17)3-5-14(22)21-8-6-15(23,7-9-21)16(18,19)20/h2-5,10,23H,6-9H2,1H3/b5-3+. The molecule has 0 bridgehead atoms. The molecule has 0 radical (unpaired) electrons. The Morgan fingerprint density at radius 3 is 2.50 bits per heavy atom. The number of carbonyl (C=O) groups is 1. The minimum atomic E-state index is -4.71. The van der Waals surface area contributed by atoms with Crippen molar-refractivity contribution in [2.45, 2.75) is 24.6 Å². The van der Waals surface area contributed by atoms with Gasteiger partial charge in [0.15, 0.2) is 17.2 Å². The van der Waals surface area contributed by atoms with Crippen LogP contribution < -0.4 is 4.74 Å². The maximum atomic E-state index is 13.3. The van der Waals surface area contributed by atoms with Gasteiger partial charge in [-0.1, -0.05) is 6.07 Å². The summed E-state index contributed by atoms with van der Waals surface area (Å²) in [6.45, 7) is -0.377. The molecule has 0 spiro atoms. The number of alkyl halides is 3. The third-order valence-corrected chi connectivity index (χ3v) is 4.02. The van der Waals surface area contributed by atoms with Gasteiger partial charge in [-0.2, -0.15) is 13.2 Å². The summed E-state index contributed by atoms with van der Waals surface area (Å²) in [6, 6.07) is 4.03. The molecule has 0 atom stereocenters. The van der Waals surface area contributed by atoms with Crippen LogP contribution in [0.25, 0.3) is 6.08 Å². The highest BCUT2D eigenvalue weighted by Crippen LogP contribution is 2.38. The van der Waals surface area contributed by atoms with Gasteiger partial charge in [-0.25, -0.2) is 4.39 Å². The lowest BCUT2D eigenvalue weighted by atomic mass is 9.91. The van der Waals surface area contributed by atoms with Crippen LogP contribution in [0.5, 0.6) is 5.75 Å². The number of amides is 1. The van der Waals surface area contributed by atoms with Crippen molar-refractivity contribution in [3.63, 3.8) is 0 Å². The Kier molecular flexibility index (Phi) is 5.17. The number of hydrogen-bond acceptors (Lipinski definition) is 3. The Balaban J connectivity index is 1.99. The van der Waals surface area contributed by atoms with Crippen LogP contribution in [0.2, 0.25) is 0 Å². The summed E-state index contributed by atoms with van der Waals surface area (Å²) >= 11 is 0. The Labute approximate surface area is 136 Å². The molecule has 1 amide bonds. The van der Waals surface area contributed by atoms with E-state index in [0.717, 1.165) is 0 Å². The monoisotopic (exact) mass is 347 g/mol. The summed E-state index contributed by atoms with van der Waals surface area (Å²) < 4.78 is 56.3. The van der Waals surface area contributed by atoms with E-state index >= 15 is 0 Å². The van der Waals surface area contributed by atoms with Crippen molar-refractivity contribution in [2.75, 3.05) is 20.2 Å². The van der Waals surface area contributed by atoms with Crippen molar-refractivity contribution in [3.8, 4) is 5.75 Å². The second kappa shape index (κ2) is 6.80. The zero-order chi connectivity index (χ0) is 18.0. The van der Waals surface area contributed by atoms with Gasteiger partial charge in [-0.3, -0.25) is 4.79 Å². The van der Waals surface area contributed by atoms with Crippen LogP contribution in [-0.2, 0) is 4.79 Å². The molecule has 1 N–H and O–H groups in total. The zero-order valence-corrected chi connectivity index (χ0v) is 12.9. The first kappa shape index (κ1) is 18.3. The quantitative estimate of drug-likeness (QED) is 0.676. The Bertz CT molecular complexity index is 635. The average Bonchev–Trinajstić information content (AvgIpc) is 2.53. The molecule has 0 saturated carbocycles. The highest BCUT2D eigenvalue weighted by Gasteiger charge is 2.54. The van der Waals surface area contributed by atoms with Crippen molar-refractivity contribution >= 4 is 12.0 Å². The van der Waals surface area contributed by atoms with E-state index in [2.05, 4.69) is 0 Å². The van der Waals surface area contributed by atoms with E-state index in [0.29, 0.717) is 5.56 Å². The van der Waals surface area contributed by atoms with E-state index in [9.17, 15) is 27.5 Å². The smallest absolute Gasteiger partial charge is 0.417 e. The van der Waals surface area contributed by atoms with Gasteiger partial charge < -0.3 is 14.7 Å². The number of aliphatic hydroxyl groups is 1. The lowest BCUT2D eigenvalue weighted by Gasteiger charge is -2.38. The molecule has 1 aromatic rings. The van der Waals surface area contributed by atoms with E-state index in [-0.39, 0.29) is 18.8 Å². The zero-order valence-electron chi connectivity index (χ0n) is 12.9. The fourth-order valence-electron chi connectivity index (χ4n) is 2.43. The van der Waals surface area contributed by atoms with Crippen LogP contribution in [0.1, 0.15) is 18.4 Å². The largest absolute Gasteiger partial charge is 0.494 e. The molecule has 8 heteroatoms. The van der Waals surface area contributed by atoms with Gasteiger partial charge in [0.1, 0.15) is 0 Å². The first-order chi connectivity index (χ1) is 11.2. The molecular formula is C16H17F4NO3. The number of hydrogen-bond donors (Lipinski definition) is 1. The van der Waals surface area contributed by atoms with Gasteiger partial charge >= 0.3 is 6.18 Å². The van der Waals surface area contributed by atoms with Crippen LogP contribution in [0.15, 0.2) is 24.3 Å². The minimum Gasteiger partial charge on any atom is -0.494 e. The second-order valence-corrected chi connectivity index (χ2v) is 5.58. The summed E-state index contributed by atoms with van der Waals surface area (Å²) in [4.78, 5) is 13.3. The van der Waals surface area contributed by atoms with Gasteiger partial charge in [0, 0.05) is 32.0 Å². The van der Waals surface area contributed by atoms with E-state index in [1.807, 2.05) is 0 Å². The van der Waals surface area contributed by atoms with Crippen LogP contribution in [0.3, 0.4) is 0 Å². The highest BCUT2D eigenvalue weighted by molar-refractivity contribution is 5.91. The predicted molar refractivity (Wildman–Crippen MR) is 78.8 cm³/mol. The molecule has 132 valence electrons. The number of nitrogens with zero attached hydrogens (tertiary/aromatic N) is 1. The Morgan fingerprint density at radius 1 is 1.33 bits per heavy atom. The summed E-state index contributed by atoms with van der Waals surface area (Å²) in [7, 11) is 1.31. The highest BCUT2D eigenvalue weighted by atomic mass is 19.4. The van der Waals surface area contributed by atoms with Gasteiger partial charge in [-0.15, -0.1) is 0 Å². The molecule has 1 fully saturated rings. The molecule has 2 rings (SSSR count). The third kappa shape index (κ3) is 3.87. The Morgan fingerprint density at radius 2 is 1.96 bits per heavy atom. The number of benzene rings is 1. The number of likely N-dealkylation sites (tertiary alicyclic amines) is 1. The van der Waals surface area contributed by atoms with E-state index in [4.69, 9.17) is 4.74 Å². The van der Waals surface area contributed by atoms with Gasteiger partial charge in [-0.05, 0) is 23.8 Å². The SMILES string of the molecule is COc1cc(/C=C/C(=O)N2CCC(O)(C(F)(F)F)CC2)ccc1F. The summed E-state index contributed by atoms with van der Waals surface area (Å²) in [5, 5.41) is 9.57. The van der Waals surface area contributed by atoms with E-state index < -0.39 is 36.3 Å². The molecule has 0 aromatic heterocycles. The van der Waals surface area contributed by atoms with Crippen LogP contribution in [0, 0.1) is 5.82 Å². The van der Waals surface area contributed by atoms with Crippen LogP contribution in [-0.4, -0.2) is 47.9 Å². The number of ether oxygens (including phenoxy) is 1. The fraction of sp³-hybridized carbons (Fsp3) is 0.438. The van der Waals surface area contributed by atoms with Crippen molar-refractivity contribution in [1.29, 1.82) is 0 Å². The first-order valence-corrected chi connectivity index (χ1v) is 7.26. The first-order valence-electron chi connectivity index (χ1n) is 7.26. The summed E-state index contributed by atoms with van der Waals surface area (Å²) in [5.41, 5.74) is -2.22. The molecule has 4 nitrogen and oxygen atoms in total.